The number of aliphatic hydroxyl groups excluding tert-OH is 1. The van der Waals surface area contributed by atoms with Crippen LogP contribution in [0.25, 0.3) is 0 Å². The normalized spacial score (nSPS) is 21.5. The van der Waals surface area contributed by atoms with Crippen molar-refractivity contribution >= 4 is 5.91 Å². The van der Waals surface area contributed by atoms with E-state index in [0.717, 1.165) is 12.8 Å². The summed E-state index contributed by atoms with van der Waals surface area (Å²) < 4.78 is 0. The Hall–Kier alpha value is -1.43. The van der Waals surface area contributed by atoms with Crippen LogP contribution >= 0.6 is 0 Å². The molecule has 6 heteroatoms. The van der Waals surface area contributed by atoms with Gasteiger partial charge in [-0.1, -0.05) is 0 Å². The molecule has 0 aliphatic carbocycles. The molecule has 2 heterocycles. The molecule has 1 aliphatic rings. The Bertz CT molecular complexity index is 311. The van der Waals surface area contributed by atoms with Gasteiger partial charge in [-0.25, -0.2) is 4.98 Å². The molecule has 0 aromatic carbocycles. The number of aliphatic hydroxyl groups is 1. The highest BCUT2D eigenvalue weighted by molar-refractivity contribution is 5.90. The summed E-state index contributed by atoms with van der Waals surface area (Å²) in [5.74, 6) is 0.0596. The largest absolute Gasteiger partial charge is 0.394 e. The number of aromatic amines is 1. The maximum Gasteiger partial charge on any atom is 0.291 e. The summed E-state index contributed by atoms with van der Waals surface area (Å²) in [7, 11) is 0. The molecule has 2 N–H and O–H groups in total. The van der Waals surface area contributed by atoms with Crippen molar-refractivity contribution in [3.05, 3.63) is 12.2 Å². The zero-order chi connectivity index (χ0) is 9.97. The van der Waals surface area contributed by atoms with Gasteiger partial charge >= 0.3 is 0 Å². The second-order valence-corrected chi connectivity index (χ2v) is 3.31. The van der Waals surface area contributed by atoms with Crippen LogP contribution in [-0.4, -0.2) is 50.3 Å². The molecule has 0 bridgehead atoms. The van der Waals surface area contributed by atoms with Crippen LogP contribution in [0.15, 0.2) is 6.33 Å². The number of hydrogen-bond donors (Lipinski definition) is 2. The molecule has 76 valence electrons. The summed E-state index contributed by atoms with van der Waals surface area (Å²) in [5, 5.41) is 15.2. The number of carbonyl (C=O) groups is 1. The van der Waals surface area contributed by atoms with Gasteiger partial charge in [0.05, 0.1) is 12.6 Å². The highest BCUT2D eigenvalue weighted by Crippen LogP contribution is 2.17. The van der Waals surface area contributed by atoms with E-state index in [2.05, 4.69) is 15.2 Å². The molecule has 1 aromatic heterocycles. The molecule has 1 amide bonds. The first-order valence-electron chi connectivity index (χ1n) is 4.60. The molecule has 14 heavy (non-hydrogen) atoms. The Labute approximate surface area is 80.9 Å². The number of likely N-dealkylation sites (tertiary alicyclic amines) is 1. The molecule has 0 saturated carbocycles. The van der Waals surface area contributed by atoms with Gasteiger partial charge in [-0.15, -0.1) is 0 Å². The number of H-pyrrole nitrogens is 1. The molecule has 1 atom stereocenters. The van der Waals surface area contributed by atoms with Crippen LogP contribution in [-0.2, 0) is 0 Å². The van der Waals surface area contributed by atoms with Crippen LogP contribution in [0.1, 0.15) is 23.5 Å². The van der Waals surface area contributed by atoms with E-state index >= 15 is 0 Å². The summed E-state index contributed by atoms with van der Waals surface area (Å²) in [5.41, 5.74) is 0. The number of nitrogens with zero attached hydrogens (tertiary/aromatic N) is 3. The standard InChI is InChI=1S/C8H12N4O2/c13-4-6-2-1-3-12(6)8(14)7-9-5-10-11-7/h5-6,13H,1-4H2,(H,9,10,11)/t6-/m0/s1. The molecule has 1 saturated heterocycles. The summed E-state index contributed by atoms with van der Waals surface area (Å²) in [6.45, 7) is 0.699. The monoisotopic (exact) mass is 196 g/mol. The summed E-state index contributed by atoms with van der Waals surface area (Å²) in [6.07, 6.45) is 3.10. The van der Waals surface area contributed by atoms with Crippen LogP contribution in [0, 0.1) is 0 Å². The van der Waals surface area contributed by atoms with Crippen LogP contribution in [0.4, 0.5) is 0 Å². The van der Waals surface area contributed by atoms with E-state index in [1.807, 2.05) is 0 Å². The highest BCUT2D eigenvalue weighted by Gasteiger charge is 2.29. The fraction of sp³-hybridized carbons (Fsp3) is 0.625. The molecule has 0 unspecified atom stereocenters. The zero-order valence-corrected chi connectivity index (χ0v) is 7.68. The van der Waals surface area contributed by atoms with Crippen molar-refractivity contribution in [3.63, 3.8) is 0 Å². The summed E-state index contributed by atoms with van der Waals surface area (Å²) >= 11 is 0. The van der Waals surface area contributed by atoms with Gasteiger partial charge in [0, 0.05) is 6.54 Å². The topological polar surface area (TPSA) is 82.1 Å². The van der Waals surface area contributed by atoms with Gasteiger partial charge in [-0.05, 0) is 12.8 Å². The van der Waals surface area contributed by atoms with Crippen LogP contribution < -0.4 is 0 Å². The van der Waals surface area contributed by atoms with Gasteiger partial charge in [0.25, 0.3) is 5.91 Å². The molecule has 1 aliphatic heterocycles. The van der Waals surface area contributed by atoms with Gasteiger partial charge in [0.15, 0.2) is 0 Å². The Morgan fingerprint density at radius 2 is 2.64 bits per heavy atom. The van der Waals surface area contributed by atoms with Crippen LogP contribution in [0.3, 0.4) is 0 Å². The molecule has 0 spiro atoms. The summed E-state index contributed by atoms with van der Waals surface area (Å²) in [6, 6.07) is -0.0624. The molecule has 0 radical (unpaired) electrons. The Morgan fingerprint density at radius 1 is 1.79 bits per heavy atom. The minimum Gasteiger partial charge on any atom is -0.394 e. The Kier molecular flexibility index (Phi) is 2.45. The maximum atomic E-state index is 11.8. The SMILES string of the molecule is O=C(c1ncn[nH]1)N1CCC[C@H]1CO. The second kappa shape index (κ2) is 3.75. The van der Waals surface area contributed by atoms with Crippen molar-refractivity contribution in [1.82, 2.24) is 20.1 Å². The number of carbonyl (C=O) groups excluding carboxylic acids is 1. The molecule has 6 nitrogen and oxygen atoms in total. The van der Waals surface area contributed by atoms with E-state index < -0.39 is 0 Å². The number of amides is 1. The smallest absolute Gasteiger partial charge is 0.291 e. The van der Waals surface area contributed by atoms with Gasteiger partial charge in [-0.3, -0.25) is 9.89 Å². The fourth-order valence-electron chi connectivity index (χ4n) is 1.74. The van der Waals surface area contributed by atoms with E-state index in [-0.39, 0.29) is 24.4 Å². The lowest BCUT2D eigenvalue weighted by molar-refractivity contribution is 0.0666. The van der Waals surface area contributed by atoms with Crippen molar-refractivity contribution in [3.8, 4) is 0 Å². The number of aromatic nitrogens is 3. The zero-order valence-electron chi connectivity index (χ0n) is 7.68. The van der Waals surface area contributed by atoms with Crippen molar-refractivity contribution in [2.45, 2.75) is 18.9 Å². The fourth-order valence-corrected chi connectivity index (χ4v) is 1.74. The lowest BCUT2D eigenvalue weighted by Gasteiger charge is -2.21. The van der Waals surface area contributed by atoms with Crippen molar-refractivity contribution in [2.24, 2.45) is 0 Å². The number of hydrogen-bond acceptors (Lipinski definition) is 4. The van der Waals surface area contributed by atoms with E-state index in [0.29, 0.717) is 6.54 Å². The Balaban J connectivity index is 2.11. The third-order valence-corrected chi connectivity index (χ3v) is 2.47. The molecule has 1 fully saturated rings. The minimum absolute atomic E-state index is 0.0138. The highest BCUT2D eigenvalue weighted by atomic mass is 16.3. The van der Waals surface area contributed by atoms with Crippen molar-refractivity contribution in [2.75, 3.05) is 13.2 Å². The van der Waals surface area contributed by atoms with E-state index in [1.54, 1.807) is 4.90 Å². The molecule has 1 aromatic rings. The first kappa shape index (κ1) is 9.14. The predicted molar refractivity (Wildman–Crippen MR) is 47.5 cm³/mol. The minimum atomic E-state index is -0.181. The van der Waals surface area contributed by atoms with Gasteiger partial charge in [-0.2, -0.15) is 5.10 Å². The van der Waals surface area contributed by atoms with Gasteiger partial charge < -0.3 is 10.0 Å². The second-order valence-electron chi connectivity index (χ2n) is 3.31. The number of rotatable bonds is 2. The Morgan fingerprint density at radius 3 is 3.29 bits per heavy atom. The summed E-state index contributed by atoms with van der Waals surface area (Å²) in [4.78, 5) is 17.2. The average molecular weight is 196 g/mol. The van der Waals surface area contributed by atoms with Crippen molar-refractivity contribution in [1.29, 1.82) is 0 Å². The quantitative estimate of drug-likeness (QED) is 0.661. The molecular formula is C8H12N4O2. The first-order chi connectivity index (χ1) is 6.83. The van der Waals surface area contributed by atoms with Crippen LogP contribution in [0.5, 0.6) is 0 Å². The van der Waals surface area contributed by atoms with Crippen LogP contribution in [0.2, 0.25) is 0 Å². The molecular weight excluding hydrogens is 184 g/mol. The van der Waals surface area contributed by atoms with Gasteiger partial charge in [0.2, 0.25) is 5.82 Å². The third-order valence-electron chi connectivity index (χ3n) is 2.47. The van der Waals surface area contributed by atoms with E-state index in [4.69, 9.17) is 5.11 Å². The number of nitrogens with one attached hydrogen (secondary N) is 1. The maximum absolute atomic E-state index is 11.8. The van der Waals surface area contributed by atoms with Crippen molar-refractivity contribution < 1.29 is 9.90 Å². The van der Waals surface area contributed by atoms with Gasteiger partial charge in [0.1, 0.15) is 6.33 Å². The molecule has 2 rings (SSSR count). The lowest BCUT2D eigenvalue weighted by atomic mass is 10.2. The van der Waals surface area contributed by atoms with E-state index in [9.17, 15) is 4.79 Å². The third kappa shape index (κ3) is 1.48. The predicted octanol–water partition coefficient (Wildman–Crippen LogP) is -0.598. The average Bonchev–Trinajstić information content (AvgIpc) is 2.87. The first-order valence-corrected chi connectivity index (χ1v) is 4.60. The lowest BCUT2D eigenvalue weighted by Crippen LogP contribution is -2.38. The van der Waals surface area contributed by atoms with E-state index in [1.165, 1.54) is 6.33 Å².